The highest BCUT2D eigenvalue weighted by molar-refractivity contribution is 5.83. The van der Waals surface area contributed by atoms with Crippen LogP contribution in [0.5, 0.6) is 11.5 Å². The minimum atomic E-state index is -0.707. The van der Waals surface area contributed by atoms with Gasteiger partial charge in [0.25, 0.3) is 0 Å². The molecule has 0 radical (unpaired) electrons. The average molecular weight is 260 g/mol. The minimum absolute atomic E-state index is 0.225. The number of carboxylic acid groups (broad SMARTS) is 1. The molecule has 4 rings (SSSR count). The molecule has 1 aromatic carbocycles. The second kappa shape index (κ2) is 3.44. The lowest BCUT2D eigenvalue weighted by molar-refractivity contribution is -0.160. The Labute approximate surface area is 111 Å². The van der Waals surface area contributed by atoms with E-state index in [0.717, 1.165) is 18.4 Å². The lowest BCUT2D eigenvalue weighted by atomic mass is 9.44. The van der Waals surface area contributed by atoms with Crippen molar-refractivity contribution in [3.8, 4) is 11.5 Å². The van der Waals surface area contributed by atoms with E-state index in [4.69, 9.17) is 9.47 Å². The van der Waals surface area contributed by atoms with Crippen molar-refractivity contribution < 1.29 is 19.4 Å². The molecule has 19 heavy (non-hydrogen) atoms. The Hall–Kier alpha value is -1.71. The molecule has 1 N–H and O–H groups in total. The molecule has 0 bridgehead atoms. The molecule has 1 aliphatic heterocycles. The number of rotatable bonds is 2. The number of carbonyl (C=O) groups is 1. The lowest BCUT2D eigenvalue weighted by Gasteiger charge is -2.59. The van der Waals surface area contributed by atoms with E-state index >= 15 is 0 Å². The molecule has 0 aromatic heterocycles. The second-order valence-electron chi connectivity index (χ2n) is 6.16. The first-order chi connectivity index (χ1) is 9.14. The van der Waals surface area contributed by atoms with Gasteiger partial charge in [0.2, 0.25) is 6.79 Å². The van der Waals surface area contributed by atoms with Gasteiger partial charge in [-0.05, 0) is 48.8 Å². The quantitative estimate of drug-likeness (QED) is 0.888. The predicted octanol–water partition coefficient (Wildman–Crippen LogP) is 2.70. The summed E-state index contributed by atoms with van der Waals surface area (Å²) >= 11 is 0. The number of ether oxygens (including phenoxy) is 2. The van der Waals surface area contributed by atoms with Crippen molar-refractivity contribution in [3.05, 3.63) is 23.8 Å². The molecule has 1 heterocycles. The summed E-state index contributed by atoms with van der Waals surface area (Å²) in [6, 6.07) is 5.56. The normalized spacial score (nSPS) is 24.6. The maximum absolute atomic E-state index is 11.8. The fourth-order valence-corrected chi connectivity index (χ4v) is 3.93. The lowest BCUT2D eigenvalue weighted by Crippen LogP contribution is -2.57. The van der Waals surface area contributed by atoms with E-state index in [2.05, 4.69) is 0 Å². The highest BCUT2D eigenvalue weighted by Crippen LogP contribution is 2.65. The van der Waals surface area contributed by atoms with Gasteiger partial charge < -0.3 is 14.6 Å². The van der Waals surface area contributed by atoms with Crippen LogP contribution in [0.15, 0.2) is 18.2 Å². The largest absolute Gasteiger partial charge is 0.481 e. The minimum Gasteiger partial charge on any atom is -0.481 e. The van der Waals surface area contributed by atoms with Gasteiger partial charge in [0.1, 0.15) is 0 Å². The number of carboxylic acids is 1. The topological polar surface area (TPSA) is 55.8 Å². The molecule has 1 aromatic rings. The zero-order valence-electron chi connectivity index (χ0n) is 10.6. The Kier molecular flexibility index (Phi) is 2.02. The average Bonchev–Trinajstić information content (AvgIpc) is 2.72. The zero-order chi connectivity index (χ0) is 13.1. The summed E-state index contributed by atoms with van der Waals surface area (Å²) in [5, 5.41) is 9.67. The fraction of sp³-hybridized carbons (Fsp3) is 0.533. The van der Waals surface area contributed by atoms with Crippen LogP contribution < -0.4 is 9.47 Å². The van der Waals surface area contributed by atoms with Crippen LogP contribution in [0.1, 0.15) is 37.7 Å². The van der Waals surface area contributed by atoms with E-state index < -0.39 is 11.4 Å². The van der Waals surface area contributed by atoms with Crippen molar-refractivity contribution in [3.63, 3.8) is 0 Å². The molecule has 4 nitrogen and oxygen atoms in total. The number of benzene rings is 1. The molecule has 2 fully saturated rings. The Morgan fingerprint density at radius 1 is 1.16 bits per heavy atom. The standard InChI is InChI=1S/C15H16O4/c16-13(17)15(7-14(8-15)4-1-5-14)10-2-3-11-12(6-10)19-9-18-11/h2-3,6H,1,4-5,7-9H2,(H,16,17). The Bertz CT molecular complexity index is 551. The molecular weight excluding hydrogens is 244 g/mol. The van der Waals surface area contributed by atoms with Crippen LogP contribution in [-0.2, 0) is 10.2 Å². The monoisotopic (exact) mass is 260 g/mol. The van der Waals surface area contributed by atoms with Gasteiger partial charge in [-0.2, -0.15) is 0 Å². The van der Waals surface area contributed by atoms with Gasteiger partial charge in [-0.25, -0.2) is 0 Å². The van der Waals surface area contributed by atoms with Crippen molar-refractivity contribution in [2.75, 3.05) is 6.79 Å². The highest BCUT2D eigenvalue weighted by atomic mass is 16.7. The Morgan fingerprint density at radius 3 is 2.53 bits per heavy atom. The van der Waals surface area contributed by atoms with Crippen LogP contribution in [0.25, 0.3) is 0 Å². The summed E-state index contributed by atoms with van der Waals surface area (Å²) in [6.45, 7) is 0.225. The van der Waals surface area contributed by atoms with Crippen molar-refractivity contribution in [1.29, 1.82) is 0 Å². The summed E-state index contributed by atoms with van der Waals surface area (Å²) in [7, 11) is 0. The summed E-state index contributed by atoms with van der Waals surface area (Å²) < 4.78 is 10.6. The van der Waals surface area contributed by atoms with Gasteiger partial charge in [0.15, 0.2) is 11.5 Å². The van der Waals surface area contributed by atoms with Crippen molar-refractivity contribution >= 4 is 5.97 Å². The Balaban J connectivity index is 1.70. The SMILES string of the molecule is O=C(O)C1(c2ccc3c(c2)OCO3)CC2(CCC2)C1. The first-order valence-corrected chi connectivity index (χ1v) is 6.77. The summed E-state index contributed by atoms with van der Waals surface area (Å²) in [4.78, 5) is 11.8. The zero-order valence-corrected chi connectivity index (χ0v) is 10.6. The van der Waals surface area contributed by atoms with E-state index in [9.17, 15) is 9.90 Å². The van der Waals surface area contributed by atoms with Crippen LogP contribution in [-0.4, -0.2) is 17.9 Å². The number of hydrogen-bond donors (Lipinski definition) is 1. The van der Waals surface area contributed by atoms with Gasteiger partial charge in [-0.3, -0.25) is 4.79 Å². The van der Waals surface area contributed by atoms with Gasteiger partial charge in [-0.15, -0.1) is 0 Å². The fourth-order valence-electron chi connectivity index (χ4n) is 3.93. The molecule has 0 unspecified atom stereocenters. The van der Waals surface area contributed by atoms with E-state index in [1.165, 1.54) is 19.3 Å². The van der Waals surface area contributed by atoms with Crippen molar-refractivity contribution in [2.45, 2.75) is 37.5 Å². The van der Waals surface area contributed by atoms with Crippen LogP contribution in [0.3, 0.4) is 0 Å². The Morgan fingerprint density at radius 2 is 1.89 bits per heavy atom. The molecule has 2 saturated carbocycles. The molecule has 3 aliphatic rings. The third-order valence-corrected chi connectivity index (χ3v) is 5.10. The molecule has 2 aliphatic carbocycles. The number of aliphatic carboxylic acids is 1. The van der Waals surface area contributed by atoms with Crippen molar-refractivity contribution in [1.82, 2.24) is 0 Å². The van der Waals surface area contributed by atoms with Crippen LogP contribution in [0.2, 0.25) is 0 Å². The van der Waals surface area contributed by atoms with E-state index in [0.29, 0.717) is 16.9 Å². The summed E-state index contributed by atoms with van der Waals surface area (Å²) in [5.41, 5.74) is 0.470. The molecular formula is C15H16O4. The molecule has 0 saturated heterocycles. The molecule has 4 heteroatoms. The molecule has 1 spiro atoms. The van der Waals surface area contributed by atoms with Gasteiger partial charge >= 0.3 is 5.97 Å². The van der Waals surface area contributed by atoms with Gasteiger partial charge in [0.05, 0.1) is 5.41 Å². The summed E-state index contributed by atoms with van der Waals surface area (Å²) in [6.07, 6.45) is 5.17. The highest BCUT2D eigenvalue weighted by Gasteiger charge is 2.61. The van der Waals surface area contributed by atoms with E-state index in [-0.39, 0.29) is 6.79 Å². The van der Waals surface area contributed by atoms with Gasteiger partial charge in [-0.1, -0.05) is 12.5 Å². The van der Waals surface area contributed by atoms with Gasteiger partial charge in [0, 0.05) is 0 Å². The van der Waals surface area contributed by atoms with E-state index in [1.54, 1.807) is 0 Å². The summed E-state index contributed by atoms with van der Waals surface area (Å²) in [5.74, 6) is 0.679. The molecule has 0 atom stereocenters. The van der Waals surface area contributed by atoms with E-state index in [1.807, 2.05) is 18.2 Å². The van der Waals surface area contributed by atoms with Crippen LogP contribution in [0.4, 0.5) is 0 Å². The number of hydrogen-bond acceptors (Lipinski definition) is 3. The maximum Gasteiger partial charge on any atom is 0.314 e. The third-order valence-electron chi connectivity index (χ3n) is 5.10. The van der Waals surface area contributed by atoms with Crippen LogP contribution in [0, 0.1) is 5.41 Å². The first kappa shape index (κ1) is 11.1. The maximum atomic E-state index is 11.8. The molecule has 0 amide bonds. The first-order valence-electron chi connectivity index (χ1n) is 6.77. The van der Waals surface area contributed by atoms with Crippen molar-refractivity contribution in [2.24, 2.45) is 5.41 Å². The molecule has 100 valence electrons. The van der Waals surface area contributed by atoms with Crippen LogP contribution >= 0.6 is 0 Å². The second-order valence-corrected chi connectivity index (χ2v) is 6.16. The smallest absolute Gasteiger partial charge is 0.314 e. The predicted molar refractivity (Wildman–Crippen MR) is 67.4 cm³/mol. The third kappa shape index (κ3) is 1.37. The number of fused-ring (bicyclic) bond motifs is 1.